The van der Waals surface area contributed by atoms with E-state index in [-0.39, 0.29) is 5.91 Å². The largest absolute Gasteiger partial charge is 0.356 e. The number of piperidine rings is 1. The third-order valence-corrected chi connectivity index (χ3v) is 5.69. The summed E-state index contributed by atoms with van der Waals surface area (Å²) in [5.41, 5.74) is 4.45. The van der Waals surface area contributed by atoms with Gasteiger partial charge in [-0.15, -0.1) is 0 Å². The van der Waals surface area contributed by atoms with Gasteiger partial charge in [0.1, 0.15) is 0 Å². The van der Waals surface area contributed by atoms with Crippen LogP contribution >= 0.6 is 0 Å². The number of aryl methyl sites for hydroxylation is 1. The first kappa shape index (κ1) is 21.9. The second kappa shape index (κ2) is 10.8. The summed E-state index contributed by atoms with van der Waals surface area (Å²) in [7, 11) is 1.78. The number of carbonyl (C=O) groups is 1. The highest BCUT2D eigenvalue weighted by atomic mass is 16.2. The van der Waals surface area contributed by atoms with Crippen LogP contribution in [0.25, 0.3) is 0 Å². The van der Waals surface area contributed by atoms with Crippen molar-refractivity contribution in [3.63, 3.8) is 0 Å². The van der Waals surface area contributed by atoms with Crippen LogP contribution in [0.2, 0.25) is 0 Å². The summed E-state index contributed by atoms with van der Waals surface area (Å²) in [5, 5.41) is 6.77. The van der Waals surface area contributed by atoms with Crippen molar-refractivity contribution >= 4 is 11.9 Å². The van der Waals surface area contributed by atoms with Gasteiger partial charge in [-0.3, -0.25) is 9.79 Å². The molecule has 1 aliphatic rings. The van der Waals surface area contributed by atoms with Crippen molar-refractivity contribution in [2.75, 3.05) is 26.7 Å². The smallest absolute Gasteiger partial charge is 0.253 e. The average molecular weight is 407 g/mol. The molecule has 0 spiro atoms. The van der Waals surface area contributed by atoms with Crippen LogP contribution in [0.3, 0.4) is 0 Å². The lowest BCUT2D eigenvalue weighted by molar-refractivity contribution is 0.0724. The van der Waals surface area contributed by atoms with Crippen LogP contribution in [0, 0.1) is 6.92 Å². The van der Waals surface area contributed by atoms with E-state index >= 15 is 0 Å². The number of nitrogens with one attached hydrogen (secondary N) is 2. The molecule has 3 rings (SSSR count). The van der Waals surface area contributed by atoms with Crippen LogP contribution in [0.1, 0.15) is 59.2 Å². The van der Waals surface area contributed by atoms with Crippen LogP contribution in [0.15, 0.2) is 53.5 Å². The molecule has 1 saturated heterocycles. The molecule has 0 radical (unpaired) electrons. The highest BCUT2D eigenvalue weighted by molar-refractivity contribution is 5.94. The van der Waals surface area contributed by atoms with Crippen LogP contribution in [-0.2, 0) is 6.54 Å². The minimum atomic E-state index is 0.144. The molecule has 2 N–H and O–H groups in total. The van der Waals surface area contributed by atoms with Crippen molar-refractivity contribution in [2.24, 2.45) is 4.99 Å². The van der Waals surface area contributed by atoms with E-state index in [0.717, 1.165) is 49.6 Å². The van der Waals surface area contributed by atoms with Crippen molar-refractivity contribution in [3.8, 4) is 0 Å². The monoisotopic (exact) mass is 406 g/mol. The summed E-state index contributed by atoms with van der Waals surface area (Å²) in [6.45, 7) is 7.50. The molecule has 1 aliphatic heterocycles. The Morgan fingerprint density at radius 3 is 2.57 bits per heavy atom. The van der Waals surface area contributed by atoms with E-state index in [1.807, 2.05) is 29.2 Å². The standard InChI is InChI=1S/C25H34N4O/c1-19-9-7-11-22(15-19)20(2)17-27-25(26-3)28-18-21-10-8-12-23(16-21)24(30)29-13-5-4-6-14-29/h7-12,15-16,20H,4-6,13-14,17-18H2,1-3H3,(H2,26,27,28). The molecule has 0 aliphatic carbocycles. The van der Waals surface area contributed by atoms with E-state index in [2.05, 4.69) is 53.7 Å². The zero-order chi connectivity index (χ0) is 21.3. The second-order valence-corrected chi connectivity index (χ2v) is 8.18. The summed E-state index contributed by atoms with van der Waals surface area (Å²) in [5.74, 6) is 1.29. The first-order valence-electron chi connectivity index (χ1n) is 11.0. The maximum atomic E-state index is 12.8. The van der Waals surface area contributed by atoms with Crippen molar-refractivity contribution < 1.29 is 4.79 Å². The SMILES string of the molecule is CN=C(NCc1cccc(C(=O)N2CCCCC2)c1)NCC(C)c1cccc(C)c1. The molecule has 1 unspecified atom stereocenters. The van der Waals surface area contributed by atoms with E-state index in [9.17, 15) is 4.79 Å². The van der Waals surface area contributed by atoms with Gasteiger partial charge in [-0.25, -0.2) is 0 Å². The Morgan fingerprint density at radius 1 is 1.07 bits per heavy atom. The minimum Gasteiger partial charge on any atom is -0.356 e. The quantitative estimate of drug-likeness (QED) is 0.561. The number of carbonyl (C=O) groups excluding carboxylic acids is 1. The van der Waals surface area contributed by atoms with E-state index in [1.165, 1.54) is 17.5 Å². The van der Waals surface area contributed by atoms with Crippen molar-refractivity contribution in [1.82, 2.24) is 15.5 Å². The number of guanidine groups is 1. The Bertz CT molecular complexity index is 871. The molecule has 1 heterocycles. The predicted octanol–water partition coefficient (Wildman–Crippen LogP) is 4.09. The van der Waals surface area contributed by atoms with Gasteiger partial charge in [-0.1, -0.05) is 48.9 Å². The Labute approximate surface area is 180 Å². The lowest BCUT2D eigenvalue weighted by atomic mass is 9.99. The number of benzene rings is 2. The molecule has 160 valence electrons. The molecule has 30 heavy (non-hydrogen) atoms. The topological polar surface area (TPSA) is 56.7 Å². The molecule has 2 aromatic rings. The summed E-state index contributed by atoms with van der Waals surface area (Å²) in [6, 6.07) is 16.5. The highest BCUT2D eigenvalue weighted by Crippen LogP contribution is 2.16. The zero-order valence-corrected chi connectivity index (χ0v) is 18.4. The van der Waals surface area contributed by atoms with Crippen LogP contribution in [-0.4, -0.2) is 43.4 Å². The number of rotatable bonds is 6. The maximum Gasteiger partial charge on any atom is 0.253 e. The molecule has 0 aromatic heterocycles. The van der Waals surface area contributed by atoms with E-state index in [4.69, 9.17) is 0 Å². The maximum absolute atomic E-state index is 12.8. The van der Waals surface area contributed by atoms with Gasteiger partial charge in [0.25, 0.3) is 5.91 Å². The zero-order valence-electron chi connectivity index (χ0n) is 18.4. The van der Waals surface area contributed by atoms with E-state index in [0.29, 0.717) is 12.5 Å². The van der Waals surface area contributed by atoms with Gasteiger partial charge in [-0.05, 0) is 55.4 Å². The first-order chi connectivity index (χ1) is 14.6. The fourth-order valence-electron chi connectivity index (χ4n) is 3.84. The van der Waals surface area contributed by atoms with Crippen molar-refractivity contribution in [2.45, 2.75) is 45.6 Å². The Balaban J connectivity index is 1.52. The summed E-state index contributed by atoms with van der Waals surface area (Å²) in [4.78, 5) is 19.1. The fourth-order valence-corrected chi connectivity index (χ4v) is 3.84. The second-order valence-electron chi connectivity index (χ2n) is 8.18. The van der Waals surface area contributed by atoms with Gasteiger partial charge < -0.3 is 15.5 Å². The molecule has 5 heteroatoms. The van der Waals surface area contributed by atoms with Crippen LogP contribution < -0.4 is 10.6 Å². The summed E-state index contributed by atoms with van der Waals surface area (Å²) in [6.07, 6.45) is 3.44. The number of hydrogen-bond acceptors (Lipinski definition) is 2. The van der Waals surface area contributed by atoms with Gasteiger partial charge in [0.15, 0.2) is 5.96 Å². The molecule has 1 amide bonds. The fraction of sp³-hybridized carbons (Fsp3) is 0.440. The van der Waals surface area contributed by atoms with Crippen molar-refractivity contribution in [1.29, 1.82) is 0 Å². The minimum absolute atomic E-state index is 0.144. The number of nitrogens with zero attached hydrogens (tertiary/aromatic N) is 2. The molecule has 0 saturated carbocycles. The highest BCUT2D eigenvalue weighted by Gasteiger charge is 2.18. The molecule has 1 fully saturated rings. The number of hydrogen-bond donors (Lipinski definition) is 2. The summed E-state index contributed by atoms with van der Waals surface area (Å²) < 4.78 is 0. The van der Waals surface area contributed by atoms with Crippen LogP contribution in [0.4, 0.5) is 0 Å². The molecule has 1 atom stereocenters. The van der Waals surface area contributed by atoms with Gasteiger partial charge in [0, 0.05) is 38.8 Å². The van der Waals surface area contributed by atoms with Gasteiger partial charge in [0.2, 0.25) is 0 Å². The summed E-state index contributed by atoms with van der Waals surface area (Å²) >= 11 is 0. The lowest BCUT2D eigenvalue weighted by Crippen LogP contribution is -2.38. The average Bonchev–Trinajstić information content (AvgIpc) is 2.79. The van der Waals surface area contributed by atoms with Gasteiger partial charge in [-0.2, -0.15) is 0 Å². The Morgan fingerprint density at radius 2 is 1.83 bits per heavy atom. The number of likely N-dealkylation sites (tertiary alicyclic amines) is 1. The Kier molecular flexibility index (Phi) is 7.89. The third-order valence-electron chi connectivity index (χ3n) is 5.69. The molecular weight excluding hydrogens is 372 g/mol. The van der Waals surface area contributed by atoms with Gasteiger partial charge in [0.05, 0.1) is 0 Å². The lowest BCUT2D eigenvalue weighted by Gasteiger charge is -2.26. The molecule has 2 aromatic carbocycles. The number of aliphatic imine (C=N–C) groups is 1. The molecular formula is C25H34N4O. The van der Waals surface area contributed by atoms with E-state index < -0.39 is 0 Å². The predicted molar refractivity (Wildman–Crippen MR) is 124 cm³/mol. The van der Waals surface area contributed by atoms with Gasteiger partial charge >= 0.3 is 0 Å². The first-order valence-corrected chi connectivity index (χ1v) is 11.0. The van der Waals surface area contributed by atoms with Crippen molar-refractivity contribution in [3.05, 3.63) is 70.8 Å². The third kappa shape index (κ3) is 6.09. The van der Waals surface area contributed by atoms with E-state index in [1.54, 1.807) is 7.05 Å². The molecule has 5 nitrogen and oxygen atoms in total. The number of amides is 1. The molecule has 0 bridgehead atoms. The van der Waals surface area contributed by atoms with Crippen LogP contribution in [0.5, 0.6) is 0 Å². The Hall–Kier alpha value is -2.82. The normalized spacial score (nSPS) is 15.6.